The molecule has 2 amide bonds. The highest BCUT2D eigenvalue weighted by Gasteiger charge is 2.33. The SMILES string of the molecule is O=C(NC(Cc1ccccc1)C(=O)NC(CC1CCC1)B(O)O)c1cccc(Oc2ccccc2)c1. The number of carbonyl (C=O) groups excluding carboxylic acids is 2. The summed E-state index contributed by atoms with van der Waals surface area (Å²) in [5.41, 5.74) is 1.22. The third-order valence-electron chi connectivity index (χ3n) is 6.48. The molecule has 0 spiro atoms. The van der Waals surface area contributed by atoms with Crippen LogP contribution in [0.5, 0.6) is 11.5 Å². The molecule has 36 heavy (non-hydrogen) atoms. The molecule has 2 unspecified atom stereocenters. The molecule has 3 aromatic rings. The average molecular weight is 486 g/mol. The summed E-state index contributed by atoms with van der Waals surface area (Å²) in [6.07, 6.45) is 3.91. The van der Waals surface area contributed by atoms with E-state index in [-0.39, 0.29) is 6.42 Å². The lowest BCUT2D eigenvalue weighted by Crippen LogP contribution is -2.55. The topological polar surface area (TPSA) is 108 Å². The van der Waals surface area contributed by atoms with E-state index in [0.29, 0.717) is 29.4 Å². The molecule has 0 aliphatic heterocycles. The van der Waals surface area contributed by atoms with Crippen LogP contribution in [0.1, 0.15) is 41.6 Å². The van der Waals surface area contributed by atoms with Crippen molar-refractivity contribution < 1.29 is 24.4 Å². The highest BCUT2D eigenvalue weighted by Crippen LogP contribution is 2.30. The summed E-state index contributed by atoms with van der Waals surface area (Å²) in [4.78, 5) is 26.4. The van der Waals surface area contributed by atoms with Crippen LogP contribution in [0, 0.1) is 5.92 Å². The fourth-order valence-electron chi connectivity index (χ4n) is 4.25. The number of carbonyl (C=O) groups is 2. The molecule has 1 aliphatic rings. The van der Waals surface area contributed by atoms with Crippen molar-refractivity contribution >= 4 is 18.9 Å². The van der Waals surface area contributed by atoms with Gasteiger partial charge < -0.3 is 25.4 Å². The molecule has 1 fully saturated rings. The summed E-state index contributed by atoms with van der Waals surface area (Å²) in [5, 5.41) is 25.3. The number of ether oxygens (including phenoxy) is 1. The molecule has 4 N–H and O–H groups in total. The Labute approximate surface area is 211 Å². The van der Waals surface area contributed by atoms with Gasteiger partial charge in [-0.15, -0.1) is 0 Å². The summed E-state index contributed by atoms with van der Waals surface area (Å²) < 4.78 is 5.83. The third-order valence-corrected chi connectivity index (χ3v) is 6.48. The smallest absolute Gasteiger partial charge is 0.457 e. The van der Waals surface area contributed by atoms with E-state index in [1.54, 1.807) is 24.3 Å². The van der Waals surface area contributed by atoms with Crippen molar-refractivity contribution in [1.82, 2.24) is 10.6 Å². The van der Waals surface area contributed by atoms with Crippen molar-refractivity contribution in [2.75, 3.05) is 0 Å². The Morgan fingerprint density at radius 2 is 1.56 bits per heavy atom. The van der Waals surface area contributed by atoms with Gasteiger partial charge in [0.05, 0.1) is 5.94 Å². The van der Waals surface area contributed by atoms with Gasteiger partial charge in [0.1, 0.15) is 17.5 Å². The second-order valence-electron chi connectivity index (χ2n) is 9.22. The quantitative estimate of drug-likeness (QED) is 0.311. The van der Waals surface area contributed by atoms with Crippen molar-refractivity contribution in [2.24, 2.45) is 5.92 Å². The summed E-state index contributed by atoms with van der Waals surface area (Å²) in [6, 6.07) is 24.5. The van der Waals surface area contributed by atoms with Gasteiger partial charge in [-0.25, -0.2) is 0 Å². The number of amides is 2. The van der Waals surface area contributed by atoms with Gasteiger partial charge >= 0.3 is 7.12 Å². The first-order valence-electron chi connectivity index (χ1n) is 12.3. The molecule has 1 aliphatic carbocycles. The maximum atomic E-state index is 13.3. The van der Waals surface area contributed by atoms with Crippen molar-refractivity contribution in [3.05, 3.63) is 96.1 Å². The molecule has 2 atom stereocenters. The first-order chi connectivity index (χ1) is 17.5. The van der Waals surface area contributed by atoms with E-state index in [4.69, 9.17) is 4.74 Å². The predicted octanol–water partition coefficient (Wildman–Crippen LogP) is 3.51. The largest absolute Gasteiger partial charge is 0.475 e. The third kappa shape index (κ3) is 7.20. The number of para-hydroxylation sites is 1. The van der Waals surface area contributed by atoms with Crippen molar-refractivity contribution in [3.8, 4) is 11.5 Å². The van der Waals surface area contributed by atoms with Crippen LogP contribution in [-0.4, -0.2) is 41.0 Å². The highest BCUT2D eigenvalue weighted by molar-refractivity contribution is 6.43. The van der Waals surface area contributed by atoms with Gasteiger partial charge in [-0.3, -0.25) is 9.59 Å². The van der Waals surface area contributed by atoms with Crippen LogP contribution in [0.15, 0.2) is 84.9 Å². The normalized spacial score (nSPS) is 14.7. The molecule has 0 bridgehead atoms. The summed E-state index contributed by atoms with van der Waals surface area (Å²) in [5.74, 6) is -0.156. The van der Waals surface area contributed by atoms with Crippen LogP contribution in [0.4, 0.5) is 0 Å². The number of benzene rings is 3. The molecule has 1 saturated carbocycles. The monoisotopic (exact) mass is 486 g/mol. The number of nitrogens with one attached hydrogen (secondary N) is 2. The molecule has 8 heteroatoms. The van der Waals surface area contributed by atoms with Crippen LogP contribution in [-0.2, 0) is 11.2 Å². The van der Waals surface area contributed by atoms with E-state index in [2.05, 4.69) is 10.6 Å². The Hall–Kier alpha value is -3.62. The molecule has 0 heterocycles. The minimum Gasteiger partial charge on any atom is -0.457 e. The maximum Gasteiger partial charge on any atom is 0.475 e. The molecule has 7 nitrogen and oxygen atoms in total. The van der Waals surface area contributed by atoms with Gasteiger partial charge in [-0.1, -0.05) is 73.9 Å². The van der Waals surface area contributed by atoms with Crippen molar-refractivity contribution in [2.45, 2.75) is 44.1 Å². The molecule has 4 rings (SSSR count). The molecular weight excluding hydrogens is 455 g/mol. The maximum absolute atomic E-state index is 13.3. The van der Waals surface area contributed by atoms with Gasteiger partial charge in [-0.05, 0) is 48.2 Å². The number of hydrogen-bond donors (Lipinski definition) is 4. The van der Waals surface area contributed by atoms with E-state index in [0.717, 1.165) is 24.8 Å². The van der Waals surface area contributed by atoms with Crippen LogP contribution >= 0.6 is 0 Å². The second kappa shape index (κ2) is 12.4. The molecular formula is C28H31BN2O5. The standard InChI is InChI=1S/C28H31BN2O5/c32-27(22-13-8-16-24(19-22)36-23-14-5-2-6-15-23)30-25(17-20-9-3-1-4-10-20)28(33)31-26(29(34)35)18-21-11-7-12-21/h1-6,8-10,13-16,19,21,25-26,34-35H,7,11-12,17-18H2,(H,30,32)(H,31,33). The lowest BCUT2D eigenvalue weighted by atomic mass is 9.69. The minimum absolute atomic E-state index is 0.260. The van der Waals surface area contributed by atoms with Crippen molar-refractivity contribution in [3.63, 3.8) is 0 Å². The van der Waals surface area contributed by atoms with E-state index in [1.807, 2.05) is 60.7 Å². The zero-order valence-corrected chi connectivity index (χ0v) is 20.0. The van der Waals surface area contributed by atoms with Crippen LogP contribution in [0.2, 0.25) is 0 Å². The molecule has 0 saturated heterocycles. The Morgan fingerprint density at radius 1 is 0.889 bits per heavy atom. The lowest BCUT2D eigenvalue weighted by molar-refractivity contribution is -0.123. The minimum atomic E-state index is -1.67. The Kier molecular flexibility index (Phi) is 8.76. The van der Waals surface area contributed by atoms with Crippen molar-refractivity contribution in [1.29, 1.82) is 0 Å². The lowest BCUT2D eigenvalue weighted by Gasteiger charge is -2.30. The van der Waals surface area contributed by atoms with E-state index in [1.165, 1.54) is 0 Å². The van der Waals surface area contributed by atoms with E-state index in [9.17, 15) is 19.6 Å². The van der Waals surface area contributed by atoms with Gasteiger partial charge in [0.25, 0.3) is 5.91 Å². The fourth-order valence-corrected chi connectivity index (χ4v) is 4.25. The molecule has 186 valence electrons. The van der Waals surface area contributed by atoms with Crippen LogP contribution in [0.3, 0.4) is 0 Å². The zero-order valence-electron chi connectivity index (χ0n) is 20.0. The molecule has 0 aromatic heterocycles. The first kappa shape index (κ1) is 25.5. The highest BCUT2D eigenvalue weighted by atomic mass is 16.5. The van der Waals surface area contributed by atoms with Gasteiger partial charge in [-0.2, -0.15) is 0 Å². The van der Waals surface area contributed by atoms with E-state index >= 15 is 0 Å². The fraction of sp³-hybridized carbons (Fsp3) is 0.286. The van der Waals surface area contributed by atoms with Crippen LogP contribution in [0.25, 0.3) is 0 Å². The Bertz CT molecular complexity index is 1140. The second-order valence-corrected chi connectivity index (χ2v) is 9.22. The first-order valence-corrected chi connectivity index (χ1v) is 12.3. The summed E-state index contributed by atoms with van der Waals surface area (Å²) >= 11 is 0. The summed E-state index contributed by atoms with van der Waals surface area (Å²) in [6.45, 7) is 0. The zero-order chi connectivity index (χ0) is 25.3. The number of hydrogen-bond acceptors (Lipinski definition) is 5. The van der Waals surface area contributed by atoms with Crippen LogP contribution < -0.4 is 15.4 Å². The van der Waals surface area contributed by atoms with E-state index < -0.39 is 30.9 Å². The summed E-state index contributed by atoms with van der Waals surface area (Å²) in [7, 11) is -1.67. The predicted molar refractivity (Wildman–Crippen MR) is 138 cm³/mol. The Morgan fingerprint density at radius 3 is 2.19 bits per heavy atom. The molecule has 3 aromatic carbocycles. The molecule has 0 radical (unpaired) electrons. The Balaban J connectivity index is 1.48. The van der Waals surface area contributed by atoms with Gasteiger partial charge in [0.15, 0.2) is 0 Å². The van der Waals surface area contributed by atoms with Gasteiger partial charge in [0, 0.05) is 12.0 Å². The number of rotatable bonds is 11. The van der Waals surface area contributed by atoms with Gasteiger partial charge in [0.2, 0.25) is 5.91 Å². The average Bonchev–Trinajstić information content (AvgIpc) is 2.86.